The second-order valence-electron chi connectivity index (χ2n) is 5.55. The monoisotopic (exact) mass is 342 g/mol. The van der Waals surface area contributed by atoms with Gasteiger partial charge in [-0.15, -0.1) is 0 Å². The number of amides is 1. The average Bonchev–Trinajstić information content (AvgIpc) is 3.05. The first-order valence-electron chi connectivity index (χ1n) is 7.95. The molecular weight excluding hydrogens is 324 g/mol. The summed E-state index contributed by atoms with van der Waals surface area (Å²) in [6.45, 7) is 2.64. The molecule has 1 aliphatic rings. The van der Waals surface area contributed by atoms with Gasteiger partial charge in [0, 0.05) is 18.3 Å². The average molecular weight is 342 g/mol. The van der Waals surface area contributed by atoms with Crippen LogP contribution in [0.4, 0.5) is 11.4 Å². The minimum Gasteiger partial charge on any atom is -0.493 e. The van der Waals surface area contributed by atoms with Crippen molar-refractivity contribution in [3.8, 4) is 11.5 Å². The molecule has 0 aliphatic carbocycles. The molecule has 0 radical (unpaired) electrons. The number of methoxy groups -OCH3 is 1. The van der Waals surface area contributed by atoms with E-state index in [1.165, 1.54) is 19.2 Å². The fourth-order valence-electron chi connectivity index (χ4n) is 2.99. The van der Waals surface area contributed by atoms with Crippen molar-refractivity contribution in [1.82, 2.24) is 0 Å². The van der Waals surface area contributed by atoms with E-state index >= 15 is 0 Å². The lowest BCUT2D eigenvalue weighted by Crippen LogP contribution is -2.29. The molecular formula is C18H18N2O5. The predicted molar refractivity (Wildman–Crippen MR) is 92.6 cm³/mol. The van der Waals surface area contributed by atoms with Crippen LogP contribution in [0.2, 0.25) is 0 Å². The summed E-state index contributed by atoms with van der Waals surface area (Å²) in [7, 11) is 1.40. The maximum atomic E-state index is 13.0. The molecule has 25 heavy (non-hydrogen) atoms. The van der Waals surface area contributed by atoms with Gasteiger partial charge in [-0.25, -0.2) is 0 Å². The van der Waals surface area contributed by atoms with Gasteiger partial charge in [-0.1, -0.05) is 18.2 Å². The molecule has 7 nitrogen and oxygen atoms in total. The number of rotatable bonds is 5. The molecule has 3 rings (SSSR count). The van der Waals surface area contributed by atoms with Crippen LogP contribution in [0, 0.1) is 10.1 Å². The van der Waals surface area contributed by atoms with Gasteiger partial charge in [0.25, 0.3) is 11.6 Å². The van der Waals surface area contributed by atoms with Crippen molar-refractivity contribution in [3.63, 3.8) is 0 Å². The summed E-state index contributed by atoms with van der Waals surface area (Å²) >= 11 is 0. The molecule has 0 aromatic heterocycles. The Balaban J connectivity index is 2.08. The maximum absolute atomic E-state index is 13.0. The van der Waals surface area contributed by atoms with E-state index in [4.69, 9.17) is 9.47 Å². The van der Waals surface area contributed by atoms with Crippen LogP contribution in [-0.4, -0.2) is 31.1 Å². The van der Waals surface area contributed by atoms with Crippen LogP contribution in [0.15, 0.2) is 36.4 Å². The molecule has 1 amide bonds. The Morgan fingerprint density at radius 2 is 2.04 bits per heavy atom. The number of anilines is 1. The van der Waals surface area contributed by atoms with Crippen molar-refractivity contribution in [2.24, 2.45) is 0 Å². The first kappa shape index (κ1) is 16.8. The SMILES string of the molecule is CCOc1cc(C(=O)N2CCc3ccccc32)c([N+](=O)[O-])cc1OC. The van der Waals surface area contributed by atoms with Gasteiger partial charge in [0.1, 0.15) is 5.56 Å². The van der Waals surface area contributed by atoms with E-state index in [-0.39, 0.29) is 17.0 Å². The van der Waals surface area contributed by atoms with Gasteiger partial charge >= 0.3 is 0 Å². The molecule has 0 spiro atoms. The van der Waals surface area contributed by atoms with Crippen LogP contribution in [0.5, 0.6) is 11.5 Å². The molecule has 130 valence electrons. The number of para-hydroxylation sites is 1. The highest BCUT2D eigenvalue weighted by atomic mass is 16.6. The quantitative estimate of drug-likeness (QED) is 0.615. The fraction of sp³-hybridized carbons (Fsp3) is 0.278. The number of carbonyl (C=O) groups excluding carboxylic acids is 1. The first-order valence-corrected chi connectivity index (χ1v) is 7.95. The van der Waals surface area contributed by atoms with Gasteiger partial charge < -0.3 is 14.4 Å². The molecule has 1 heterocycles. The number of hydrogen-bond donors (Lipinski definition) is 0. The topological polar surface area (TPSA) is 81.9 Å². The Kier molecular flexibility index (Phi) is 4.56. The van der Waals surface area contributed by atoms with Crippen LogP contribution >= 0.6 is 0 Å². The zero-order valence-electron chi connectivity index (χ0n) is 14.0. The van der Waals surface area contributed by atoms with E-state index in [0.29, 0.717) is 18.9 Å². The third-order valence-electron chi connectivity index (χ3n) is 4.14. The molecule has 2 aromatic carbocycles. The normalized spacial score (nSPS) is 12.6. The Bertz CT molecular complexity index is 834. The second-order valence-corrected chi connectivity index (χ2v) is 5.55. The summed E-state index contributed by atoms with van der Waals surface area (Å²) in [6, 6.07) is 10.2. The number of fused-ring (bicyclic) bond motifs is 1. The van der Waals surface area contributed by atoms with Gasteiger partial charge in [-0.3, -0.25) is 14.9 Å². The number of carbonyl (C=O) groups is 1. The molecule has 0 atom stereocenters. The van der Waals surface area contributed by atoms with E-state index in [9.17, 15) is 14.9 Å². The van der Waals surface area contributed by atoms with Crippen molar-refractivity contribution >= 4 is 17.3 Å². The second kappa shape index (κ2) is 6.80. The number of hydrogen-bond acceptors (Lipinski definition) is 5. The van der Waals surface area contributed by atoms with Crippen LogP contribution in [0.3, 0.4) is 0 Å². The van der Waals surface area contributed by atoms with E-state index < -0.39 is 10.8 Å². The van der Waals surface area contributed by atoms with Gasteiger partial charge in [0.05, 0.1) is 24.7 Å². The van der Waals surface area contributed by atoms with Gasteiger partial charge in [0.15, 0.2) is 11.5 Å². The van der Waals surface area contributed by atoms with Crippen molar-refractivity contribution < 1.29 is 19.2 Å². The molecule has 0 N–H and O–H groups in total. The van der Waals surface area contributed by atoms with Crippen molar-refractivity contribution in [2.45, 2.75) is 13.3 Å². The van der Waals surface area contributed by atoms with E-state index in [1.807, 2.05) is 24.3 Å². The van der Waals surface area contributed by atoms with E-state index in [1.54, 1.807) is 11.8 Å². The molecule has 0 saturated carbocycles. The Labute approximate surface area is 144 Å². The standard InChI is InChI=1S/C18H18N2O5/c1-3-25-17-10-13(15(20(22)23)11-16(17)24-2)18(21)19-9-8-12-6-4-5-7-14(12)19/h4-7,10-11H,3,8-9H2,1-2H3. The molecule has 1 aliphatic heterocycles. The predicted octanol–water partition coefficient (Wildman–Crippen LogP) is 3.21. The molecule has 0 saturated heterocycles. The summed E-state index contributed by atoms with van der Waals surface area (Å²) in [4.78, 5) is 25.5. The number of nitro benzene ring substituents is 1. The Hall–Kier alpha value is -3.09. The summed E-state index contributed by atoms with van der Waals surface area (Å²) in [5.41, 5.74) is 1.54. The summed E-state index contributed by atoms with van der Waals surface area (Å²) in [5, 5.41) is 11.5. The van der Waals surface area contributed by atoms with E-state index in [2.05, 4.69) is 0 Å². The highest BCUT2D eigenvalue weighted by molar-refractivity contribution is 6.10. The number of nitro groups is 1. The maximum Gasteiger partial charge on any atom is 0.286 e. The minimum atomic E-state index is -0.576. The largest absolute Gasteiger partial charge is 0.493 e. The lowest BCUT2D eigenvalue weighted by molar-refractivity contribution is -0.385. The lowest BCUT2D eigenvalue weighted by Gasteiger charge is -2.18. The highest BCUT2D eigenvalue weighted by Gasteiger charge is 2.31. The summed E-state index contributed by atoms with van der Waals surface area (Å²) < 4.78 is 10.6. The molecule has 0 bridgehead atoms. The first-order chi connectivity index (χ1) is 12.1. The molecule has 7 heteroatoms. The van der Waals surface area contributed by atoms with E-state index in [0.717, 1.165) is 17.7 Å². The molecule has 0 fully saturated rings. The zero-order valence-corrected chi connectivity index (χ0v) is 14.0. The van der Waals surface area contributed by atoms with Crippen LogP contribution in [-0.2, 0) is 6.42 Å². The van der Waals surface area contributed by atoms with Gasteiger partial charge in [0.2, 0.25) is 0 Å². The lowest BCUT2D eigenvalue weighted by atomic mass is 10.1. The molecule has 0 unspecified atom stereocenters. The van der Waals surface area contributed by atoms with Crippen LogP contribution < -0.4 is 14.4 Å². The third-order valence-corrected chi connectivity index (χ3v) is 4.14. The van der Waals surface area contributed by atoms with Crippen molar-refractivity contribution in [3.05, 3.63) is 57.6 Å². The Morgan fingerprint density at radius 3 is 2.72 bits per heavy atom. The van der Waals surface area contributed by atoms with Crippen molar-refractivity contribution in [2.75, 3.05) is 25.2 Å². The highest BCUT2D eigenvalue weighted by Crippen LogP contribution is 2.37. The van der Waals surface area contributed by atoms with Crippen LogP contribution in [0.25, 0.3) is 0 Å². The van der Waals surface area contributed by atoms with Gasteiger partial charge in [-0.05, 0) is 25.0 Å². The van der Waals surface area contributed by atoms with Crippen molar-refractivity contribution in [1.29, 1.82) is 0 Å². The smallest absolute Gasteiger partial charge is 0.286 e. The molecule has 2 aromatic rings. The van der Waals surface area contributed by atoms with Gasteiger partial charge in [-0.2, -0.15) is 0 Å². The number of nitrogens with zero attached hydrogens (tertiary/aromatic N) is 2. The number of benzene rings is 2. The fourth-order valence-corrected chi connectivity index (χ4v) is 2.99. The summed E-state index contributed by atoms with van der Waals surface area (Å²) in [6.07, 6.45) is 0.726. The zero-order chi connectivity index (χ0) is 18.0. The minimum absolute atomic E-state index is 0.00838. The number of ether oxygens (including phenoxy) is 2. The van der Waals surface area contributed by atoms with Crippen LogP contribution in [0.1, 0.15) is 22.8 Å². The summed E-state index contributed by atoms with van der Waals surface area (Å²) in [5.74, 6) is 0.124. The Morgan fingerprint density at radius 1 is 1.28 bits per heavy atom. The third kappa shape index (κ3) is 3.00.